The summed E-state index contributed by atoms with van der Waals surface area (Å²) in [7, 11) is 0. The van der Waals surface area contributed by atoms with E-state index in [-0.39, 0.29) is 11.7 Å². The largest absolute Gasteiger partial charge is 0.465 e. The van der Waals surface area contributed by atoms with Crippen LogP contribution in [0.5, 0.6) is 0 Å². The molecule has 0 aliphatic carbocycles. The molecule has 1 N–H and O–H groups in total. The number of hydrogen-bond acceptors (Lipinski definition) is 2. The Hall–Kier alpha value is -1.88. The van der Waals surface area contributed by atoms with Gasteiger partial charge in [0.1, 0.15) is 5.82 Å². The van der Waals surface area contributed by atoms with Crippen molar-refractivity contribution in [2.24, 2.45) is 0 Å². The van der Waals surface area contributed by atoms with E-state index in [1.807, 2.05) is 0 Å². The molecular weight excluding hydrogens is 259 g/mol. The van der Waals surface area contributed by atoms with Crippen molar-refractivity contribution in [3.05, 3.63) is 35.2 Å². The molecule has 0 atom stereocenters. The van der Waals surface area contributed by atoms with Crippen molar-refractivity contribution < 1.29 is 14.3 Å². The first-order chi connectivity index (χ1) is 8.52. The number of pyridine rings is 1. The summed E-state index contributed by atoms with van der Waals surface area (Å²) in [6.45, 7) is 1.95. The Bertz CT molecular complexity index is 618. The molecule has 0 bridgehead atoms. The Kier molecular flexibility index (Phi) is 3.34. The van der Waals surface area contributed by atoms with E-state index in [4.69, 9.17) is 16.7 Å². The van der Waals surface area contributed by atoms with Crippen molar-refractivity contribution in [3.63, 3.8) is 0 Å². The number of hydrogen-bond donors (Lipinski definition) is 1. The topological polar surface area (TPSA) is 53.4 Å². The molecule has 2 aromatic rings. The van der Waals surface area contributed by atoms with Crippen LogP contribution in [0.15, 0.2) is 24.3 Å². The molecule has 0 unspecified atom stereocenters. The van der Waals surface area contributed by atoms with Gasteiger partial charge < -0.3 is 5.11 Å². The highest BCUT2D eigenvalue weighted by molar-refractivity contribution is 6.33. The van der Waals surface area contributed by atoms with Gasteiger partial charge in [0.25, 0.3) is 0 Å². The zero-order valence-electron chi connectivity index (χ0n) is 9.52. The maximum atomic E-state index is 13.0. The highest BCUT2D eigenvalue weighted by Crippen LogP contribution is 2.28. The predicted molar refractivity (Wildman–Crippen MR) is 67.8 cm³/mol. The predicted octanol–water partition coefficient (Wildman–Crippen LogP) is 3.53. The standard InChI is InChI=1S/C12H10ClFN2O2/c1-2-16(12(17)18)10-5-7-3-4-8(14)6-9(7)15-11(10)13/h3-6H,2H2,1H3,(H,17,18). The molecule has 94 valence electrons. The number of anilines is 1. The molecule has 2 rings (SSSR count). The Balaban J connectivity index is 2.62. The molecule has 0 saturated heterocycles. The van der Waals surface area contributed by atoms with Gasteiger partial charge in [-0.3, -0.25) is 4.90 Å². The van der Waals surface area contributed by atoms with Crippen LogP contribution in [0.1, 0.15) is 6.92 Å². The number of aromatic nitrogens is 1. The molecule has 1 heterocycles. The average Bonchev–Trinajstić information content (AvgIpc) is 2.30. The van der Waals surface area contributed by atoms with Crippen LogP contribution in [0, 0.1) is 5.82 Å². The number of nitrogens with zero attached hydrogens (tertiary/aromatic N) is 2. The van der Waals surface area contributed by atoms with Crippen LogP contribution in [-0.4, -0.2) is 22.7 Å². The Morgan fingerprint density at radius 3 is 2.83 bits per heavy atom. The number of amides is 1. The van der Waals surface area contributed by atoms with Crippen LogP contribution in [0.4, 0.5) is 14.9 Å². The fraction of sp³-hybridized carbons (Fsp3) is 0.167. The molecule has 0 aliphatic heterocycles. The zero-order chi connectivity index (χ0) is 13.3. The van der Waals surface area contributed by atoms with Gasteiger partial charge in [0.05, 0.1) is 11.2 Å². The monoisotopic (exact) mass is 268 g/mol. The summed E-state index contributed by atoms with van der Waals surface area (Å²) in [5, 5.41) is 9.72. The molecule has 0 aliphatic rings. The number of carbonyl (C=O) groups is 1. The minimum Gasteiger partial charge on any atom is -0.465 e. The zero-order valence-corrected chi connectivity index (χ0v) is 10.3. The highest BCUT2D eigenvalue weighted by Gasteiger charge is 2.17. The van der Waals surface area contributed by atoms with Crippen LogP contribution in [0.3, 0.4) is 0 Å². The van der Waals surface area contributed by atoms with Crippen LogP contribution >= 0.6 is 11.6 Å². The lowest BCUT2D eigenvalue weighted by molar-refractivity contribution is 0.202. The van der Waals surface area contributed by atoms with E-state index in [1.54, 1.807) is 13.0 Å². The molecule has 0 saturated carbocycles. The summed E-state index contributed by atoms with van der Waals surface area (Å²) < 4.78 is 13.0. The molecule has 0 radical (unpaired) electrons. The van der Waals surface area contributed by atoms with Crippen molar-refractivity contribution in [1.82, 2.24) is 4.98 Å². The second-order valence-corrected chi connectivity index (χ2v) is 4.02. The van der Waals surface area contributed by atoms with Crippen molar-refractivity contribution in [2.45, 2.75) is 6.92 Å². The summed E-state index contributed by atoms with van der Waals surface area (Å²) in [5.41, 5.74) is 0.691. The van der Waals surface area contributed by atoms with E-state index in [0.717, 1.165) is 4.90 Å². The lowest BCUT2D eigenvalue weighted by atomic mass is 10.2. The number of halogens is 2. The lowest BCUT2D eigenvalue weighted by Crippen LogP contribution is -2.29. The average molecular weight is 269 g/mol. The number of rotatable bonds is 2. The highest BCUT2D eigenvalue weighted by atomic mass is 35.5. The maximum Gasteiger partial charge on any atom is 0.411 e. The van der Waals surface area contributed by atoms with E-state index < -0.39 is 11.9 Å². The van der Waals surface area contributed by atoms with Crippen molar-refractivity contribution >= 4 is 34.3 Å². The molecule has 4 nitrogen and oxygen atoms in total. The van der Waals surface area contributed by atoms with Crippen molar-refractivity contribution in [2.75, 3.05) is 11.4 Å². The number of fused-ring (bicyclic) bond motifs is 1. The third-order valence-corrected chi connectivity index (χ3v) is 2.83. The third-order valence-electron chi connectivity index (χ3n) is 2.55. The summed E-state index contributed by atoms with van der Waals surface area (Å²) in [6, 6.07) is 5.66. The van der Waals surface area contributed by atoms with Gasteiger partial charge in [-0.25, -0.2) is 14.2 Å². The van der Waals surface area contributed by atoms with E-state index in [0.29, 0.717) is 16.6 Å². The van der Waals surface area contributed by atoms with Crippen LogP contribution in [0.25, 0.3) is 10.9 Å². The second kappa shape index (κ2) is 4.78. The third kappa shape index (κ3) is 2.22. The minimum atomic E-state index is -1.11. The van der Waals surface area contributed by atoms with Crippen LogP contribution in [0.2, 0.25) is 5.15 Å². The van der Waals surface area contributed by atoms with Crippen molar-refractivity contribution in [1.29, 1.82) is 0 Å². The maximum absolute atomic E-state index is 13.0. The molecule has 1 aromatic heterocycles. The summed E-state index contributed by atoms with van der Waals surface area (Å²) in [4.78, 5) is 16.1. The van der Waals surface area contributed by atoms with Gasteiger partial charge >= 0.3 is 6.09 Å². The first-order valence-electron chi connectivity index (χ1n) is 5.29. The molecule has 1 aromatic carbocycles. The second-order valence-electron chi connectivity index (χ2n) is 3.66. The Labute approximate surface area is 108 Å². The normalized spacial score (nSPS) is 10.6. The van der Waals surface area contributed by atoms with Gasteiger partial charge in [-0.15, -0.1) is 0 Å². The molecule has 18 heavy (non-hydrogen) atoms. The SMILES string of the molecule is CCN(C(=O)O)c1cc2ccc(F)cc2nc1Cl. The summed E-state index contributed by atoms with van der Waals surface area (Å²) >= 11 is 5.93. The molecule has 6 heteroatoms. The summed E-state index contributed by atoms with van der Waals surface area (Å²) in [5.74, 6) is -0.413. The van der Waals surface area contributed by atoms with E-state index in [1.165, 1.54) is 18.2 Å². The van der Waals surface area contributed by atoms with E-state index in [9.17, 15) is 9.18 Å². The fourth-order valence-electron chi connectivity index (χ4n) is 1.70. The number of carboxylic acid groups (broad SMARTS) is 1. The van der Waals surface area contributed by atoms with Crippen molar-refractivity contribution in [3.8, 4) is 0 Å². The minimum absolute atomic E-state index is 0.0392. The molecule has 0 fully saturated rings. The van der Waals surface area contributed by atoms with Gasteiger partial charge in [0.2, 0.25) is 0 Å². The first kappa shape index (κ1) is 12.6. The van der Waals surface area contributed by atoms with Gasteiger partial charge in [-0.1, -0.05) is 11.6 Å². The van der Waals surface area contributed by atoms with Gasteiger partial charge in [-0.2, -0.15) is 0 Å². The first-order valence-corrected chi connectivity index (χ1v) is 5.67. The molecular formula is C12H10ClFN2O2. The Morgan fingerprint density at radius 1 is 1.50 bits per heavy atom. The van der Waals surface area contributed by atoms with Gasteiger partial charge in [-0.05, 0) is 25.1 Å². The molecule has 0 spiro atoms. The number of benzene rings is 1. The quantitative estimate of drug-likeness (QED) is 0.848. The van der Waals surface area contributed by atoms with Crippen LogP contribution in [-0.2, 0) is 0 Å². The fourth-order valence-corrected chi connectivity index (χ4v) is 1.95. The van der Waals surface area contributed by atoms with Gasteiger partial charge in [0.15, 0.2) is 5.15 Å². The lowest BCUT2D eigenvalue weighted by Gasteiger charge is -2.18. The summed E-state index contributed by atoms with van der Waals surface area (Å²) in [6.07, 6.45) is -1.11. The van der Waals surface area contributed by atoms with E-state index in [2.05, 4.69) is 4.98 Å². The van der Waals surface area contributed by atoms with Gasteiger partial charge in [0, 0.05) is 18.0 Å². The van der Waals surface area contributed by atoms with E-state index >= 15 is 0 Å². The Morgan fingerprint density at radius 2 is 2.22 bits per heavy atom. The smallest absolute Gasteiger partial charge is 0.411 e. The molecule has 1 amide bonds. The van der Waals surface area contributed by atoms with Crippen LogP contribution < -0.4 is 4.90 Å².